The van der Waals surface area contributed by atoms with E-state index in [0.29, 0.717) is 0 Å². The molecule has 0 unspecified atom stereocenters. The predicted octanol–water partition coefficient (Wildman–Crippen LogP) is -2.71. The average Bonchev–Trinajstić information content (AvgIpc) is 3.08. The van der Waals surface area contributed by atoms with Crippen LogP contribution in [0.25, 0.3) is 22.8 Å². The van der Waals surface area contributed by atoms with E-state index in [2.05, 4.69) is 122 Å². The number of halogens is 4. The molecule has 53 heavy (non-hydrogen) atoms. The summed E-state index contributed by atoms with van der Waals surface area (Å²) in [5.74, 6) is 1.70. The Bertz CT molecular complexity index is 1990. The molecule has 6 rings (SSSR count). The fraction of sp³-hybridized carbons (Fsp3) is 0.171. The molecule has 0 aliphatic heterocycles. The summed E-state index contributed by atoms with van der Waals surface area (Å²) in [7, 11) is 0. The summed E-state index contributed by atoms with van der Waals surface area (Å²) in [4.78, 5) is 19.2. The van der Waals surface area contributed by atoms with Crippen LogP contribution in [0.15, 0.2) is 109 Å². The summed E-state index contributed by atoms with van der Waals surface area (Å²) < 4.78 is 4.42. The largest absolute Gasteiger partial charge is 2.00 e. The van der Waals surface area contributed by atoms with Gasteiger partial charge in [-0.3, -0.25) is 9.97 Å². The molecular weight excluding hydrogens is 830 g/mol. The molecule has 4 heterocycles. The van der Waals surface area contributed by atoms with Crippen LogP contribution >= 0.6 is 0 Å². The van der Waals surface area contributed by atoms with Gasteiger partial charge in [0.1, 0.15) is 22.8 Å². The van der Waals surface area contributed by atoms with E-state index in [4.69, 9.17) is 9.97 Å². The molecule has 0 spiro atoms. The molecule has 0 fully saturated rings. The predicted molar refractivity (Wildman–Crippen MR) is 196 cm³/mol. The van der Waals surface area contributed by atoms with E-state index in [-0.39, 0.29) is 83.8 Å². The molecule has 0 bridgehead atoms. The maximum Gasteiger partial charge on any atom is 2.00 e. The zero-order valence-corrected chi connectivity index (χ0v) is 35.4. The second-order valence-electron chi connectivity index (χ2n) is 11.8. The topological polar surface area (TPSA) is 57.6 Å². The van der Waals surface area contributed by atoms with E-state index in [1.54, 1.807) is 12.4 Å². The summed E-state index contributed by atoms with van der Waals surface area (Å²) in [5.41, 5.74) is 12.9. The molecular formula is C41H40Cl4Fe2N6+2. The SMILES string of the molecule is CC=[N+](c1cccc(-c2ccccn2)n1)c1c(C)cc(C)cc1Cc1cc(C)cc(C)c1[N+](=CC)c1cccc(-c2ccccn2)n1.[Cl-].[Cl-].[Cl-].[Cl-].[Fe+2].[Fe+2]. The fourth-order valence-electron chi connectivity index (χ4n) is 6.44. The summed E-state index contributed by atoms with van der Waals surface area (Å²) >= 11 is 0. The molecule has 276 valence electrons. The molecule has 0 aliphatic carbocycles. The first-order valence-electron chi connectivity index (χ1n) is 16.0. The van der Waals surface area contributed by atoms with Gasteiger partial charge in [0.2, 0.25) is 11.4 Å². The van der Waals surface area contributed by atoms with Crippen LogP contribution in [0.3, 0.4) is 0 Å². The Kier molecular flexibility index (Phi) is 21.2. The molecule has 0 atom stereocenters. The molecule has 6 aromatic rings. The maximum atomic E-state index is 5.07. The Balaban J connectivity index is 0.00000451. The van der Waals surface area contributed by atoms with Gasteiger partial charge in [-0.05, 0) is 111 Å². The quantitative estimate of drug-likeness (QED) is 0.0951. The van der Waals surface area contributed by atoms with Crippen molar-refractivity contribution >= 4 is 35.4 Å². The van der Waals surface area contributed by atoms with Crippen LogP contribution in [-0.4, -0.2) is 32.4 Å². The van der Waals surface area contributed by atoms with Gasteiger partial charge >= 0.3 is 45.8 Å². The number of hydrogen-bond donors (Lipinski definition) is 0. The third kappa shape index (κ3) is 11.3. The van der Waals surface area contributed by atoms with Crippen LogP contribution in [0.1, 0.15) is 47.2 Å². The normalized spacial score (nSPS) is 10.6. The minimum absolute atomic E-state index is 0. The molecule has 0 aliphatic rings. The zero-order chi connectivity index (χ0) is 32.9. The Morgan fingerprint density at radius 3 is 1.21 bits per heavy atom. The van der Waals surface area contributed by atoms with Gasteiger partial charge in [0.05, 0.1) is 12.4 Å². The van der Waals surface area contributed by atoms with Crippen molar-refractivity contribution in [1.29, 1.82) is 0 Å². The Morgan fingerprint density at radius 1 is 0.491 bits per heavy atom. The van der Waals surface area contributed by atoms with Crippen LogP contribution in [0, 0.1) is 27.7 Å². The first-order chi connectivity index (χ1) is 22.9. The van der Waals surface area contributed by atoms with Gasteiger partial charge in [-0.15, -0.1) is 0 Å². The van der Waals surface area contributed by atoms with Crippen molar-refractivity contribution in [2.75, 3.05) is 0 Å². The minimum Gasteiger partial charge on any atom is -1.00 e. The van der Waals surface area contributed by atoms with Gasteiger partial charge in [-0.1, -0.05) is 47.5 Å². The molecule has 0 amide bonds. The summed E-state index contributed by atoms with van der Waals surface area (Å²) in [6, 6.07) is 33.2. The van der Waals surface area contributed by atoms with Crippen molar-refractivity contribution in [1.82, 2.24) is 29.1 Å². The number of pyridine rings is 4. The second kappa shape index (κ2) is 22.7. The standard InChI is InChI=1S/C41H40N6.4ClH.2Fe/c1-7-46(38-19-13-17-36(44-38)34-15-9-11-21-42-34)40-30(5)23-28(3)25-32(40)27-33-26-29(4)24-31(6)41(33)47(8-2)39-20-14-18-37(45-39)35-16-10-12-22-43-35;;;;;;/h7-26H,27H2,1-6H3;4*1H;;/q+2;;;;;2*+2/p-4. The zero-order valence-electron chi connectivity index (χ0n) is 30.2. The van der Waals surface area contributed by atoms with Gasteiger partial charge in [0, 0.05) is 42.1 Å². The maximum absolute atomic E-state index is 5.07. The summed E-state index contributed by atoms with van der Waals surface area (Å²) in [6.07, 6.45) is 8.54. The van der Waals surface area contributed by atoms with Crippen molar-refractivity contribution < 1.29 is 83.8 Å². The van der Waals surface area contributed by atoms with Crippen LogP contribution in [0.4, 0.5) is 23.0 Å². The van der Waals surface area contributed by atoms with E-state index < -0.39 is 0 Å². The van der Waals surface area contributed by atoms with E-state index >= 15 is 0 Å². The van der Waals surface area contributed by atoms with Crippen molar-refractivity contribution in [3.05, 3.63) is 143 Å². The number of benzene rings is 2. The fourth-order valence-corrected chi connectivity index (χ4v) is 6.44. The first-order valence-corrected chi connectivity index (χ1v) is 16.0. The first kappa shape index (κ1) is 49.6. The monoisotopic (exact) mass is 868 g/mol. The van der Waals surface area contributed by atoms with Crippen LogP contribution in [0.5, 0.6) is 0 Å². The van der Waals surface area contributed by atoms with Crippen LogP contribution < -0.4 is 58.8 Å². The third-order valence-corrected chi connectivity index (χ3v) is 8.24. The molecule has 4 aromatic heterocycles. The molecule has 2 aromatic carbocycles. The Morgan fingerprint density at radius 2 is 0.868 bits per heavy atom. The Hall–Kier alpha value is -3.42. The van der Waals surface area contributed by atoms with E-state index in [9.17, 15) is 0 Å². The number of hydrogen-bond acceptors (Lipinski definition) is 4. The van der Waals surface area contributed by atoms with Gasteiger partial charge in [0.25, 0.3) is 0 Å². The van der Waals surface area contributed by atoms with Crippen molar-refractivity contribution in [3.63, 3.8) is 0 Å². The van der Waals surface area contributed by atoms with Gasteiger partial charge < -0.3 is 49.6 Å². The van der Waals surface area contributed by atoms with E-state index in [0.717, 1.165) is 52.2 Å². The summed E-state index contributed by atoms with van der Waals surface area (Å²) in [5, 5.41) is 0. The summed E-state index contributed by atoms with van der Waals surface area (Å²) in [6.45, 7) is 12.8. The Labute approximate surface area is 359 Å². The number of aryl methyl sites for hydroxylation is 4. The van der Waals surface area contributed by atoms with Crippen LogP contribution in [-0.2, 0) is 40.6 Å². The van der Waals surface area contributed by atoms with Gasteiger partial charge in [-0.25, -0.2) is 9.15 Å². The van der Waals surface area contributed by atoms with E-state index in [1.807, 2.05) is 48.5 Å². The van der Waals surface area contributed by atoms with Crippen molar-refractivity contribution in [2.24, 2.45) is 0 Å². The molecule has 0 saturated carbocycles. The van der Waals surface area contributed by atoms with Gasteiger partial charge in [0.15, 0.2) is 0 Å². The number of nitrogens with zero attached hydrogens (tertiary/aromatic N) is 6. The second-order valence-corrected chi connectivity index (χ2v) is 11.8. The van der Waals surface area contributed by atoms with Crippen molar-refractivity contribution in [2.45, 2.75) is 48.0 Å². The molecule has 0 radical (unpaired) electrons. The van der Waals surface area contributed by atoms with E-state index in [1.165, 1.54) is 33.4 Å². The van der Waals surface area contributed by atoms with Crippen LogP contribution in [0.2, 0.25) is 0 Å². The smallest absolute Gasteiger partial charge is 1.00 e. The molecule has 0 N–H and O–H groups in total. The third-order valence-electron chi connectivity index (χ3n) is 8.24. The van der Waals surface area contributed by atoms with Gasteiger partial charge in [-0.2, -0.15) is 0 Å². The number of aromatic nitrogens is 4. The molecule has 12 heteroatoms. The number of rotatable bonds is 8. The minimum atomic E-state index is 0. The molecule has 6 nitrogen and oxygen atoms in total. The molecule has 0 saturated heterocycles. The average molecular weight is 870 g/mol. The van der Waals surface area contributed by atoms with Crippen molar-refractivity contribution in [3.8, 4) is 22.8 Å².